The normalized spacial score (nSPS) is 14.6. The van der Waals surface area contributed by atoms with Crippen molar-refractivity contribution in [3.8, 4) is 5.75 Å². The summed E-state index contributed by atoms with van der Waals surface area (Å²) in [6.07, 6.45) is -8.35. The highest BCUT2D eigenvalue weighted by atomic mass is 31.2. The van der Waals surface area contributed by atoms with Gasteiger partial charge in [-0.25, -0.2) is 4.57 Å². The smallest absolute Gasteiger partial charge is 0.469 e. The largest absolute Gasteiger partial charge is 0.493 e. The molecule has 2 aromatic rings. The minimum atomic E-state index is -4.73. The SMILES string of the molecule is C[C@@](N)(CCc1ccc(OCCCc2ccc(C(F)(F)F)cc2)c(C(F)(F)F)c1)COP(=O)(O)O. The summed E-state index contributed by atoms with van der Waals surface area (Å²) in [5, 5.41) is 0. The van der Waals surface area contributed by atoms with Crippen molar-refractivity contribution >= 4 is 7.82 Å². The van der Waals surface area contributed by atoms with Gasteiger partial charge in [0.05, 0.1) is 24.3 Å². The predicted molar refractivity (Wildman–Crippen MR) is 116 cm³/mol. The van der Waals surface area contributed by atoms with Crippen molar-refractivity contribution in [1.82, 2.24) is 0 Å². The van der Waals surface area contributed by atoms with Crippen LogP contribution in [-0.4, -0.2) is 28.5 Å². The van der Waals surface area contributed by atoms with Gasteiger partial charge in [0.15, 0.2) is 0 Å². The first kappa shape index (κ1) is 29.1. The second-order valence-electron chi connectivity index (χ2n) is 8.39. The van der Waals surface area contributed by atoms with Crippen molar-refractivity contribution in [2.45, 2.75) is 50.5 Å². The fourth-order valence-electron chi connectivity index (χ4n) is 3.13. The first-order valence-electron chi connectivity index (χ1n) is 10.4. The Morgan fingerprint density at radius 2 is 1.51 bits per heavy atom. The summed E-state index contributed by atoms with van der Waals surface area (Å²) < 4.78 is 99.0. The Morgan fingerprint density at radius 1 is 0.914 bits per heavy atom. The molecule has 35 heavy (non-hydrogen) atoms. The van der Waals surface area contributed by atoms with Crippen molar-refractivity contribution in [2.75, 3.05) is 13.2 Å². The lowest BCUT2D eigenvalue weighted by Crippen LogP contribution is -2.41. The predicted octanol–water partition coefficient (Wildman–Crippen LogP) is 5.50. The summed E-state index contributed by atoms with van der Waals surface area (Å²) in [7, 11) is -4.73. The Kier molecular flexibility index (Phi) is 9.40. The van der Waals surface area contributed by atoms with E-state index in [1.54, 1.807) is 0 Å². The molecule has 13 heteroatoms. The Bertz CT molecular complexity index is 1020. The maximum atomic E-state index is 13.6. The molecule has 2 rings (SSSR count). The maximum absolute atomic E-state index is 13.6. The highest BCUT2D eigenvalue weighted by molar-refractivity contribution is 7.46. The molecule has 0 bridgehead atoms. The van der Waals surface area contributed by atoms with Crippen LogP contribution in [0.1, 0.15) is 42.0 Å². The van der Waals surface area contributed by atoms with Crippen LogP contribution >= 0.6 is 7.82 Å². The molecule has 0 aromatic heterocycles. The molecule has 0 amide bonds. The van der Waals surface area contributed by atoms with Gasteiger partial charge in [0, 0.05) is 5.54 Å². The number of phosphoric acid groups is 1. The molecule has 0 spiro atoms. The molecule has 0 heterocycles. The summed E-state index contributed by atoms with van der Waals surface area (Å²) in [4.78, 5) is 17.5. The Morgan fingerprint density at radius 3 is 2.06 bits per heavy atom. The van der Waals surface area contributed by atoms with E-state index in [0.717, 1.165) is 18.2 Å². The minimum absolute atomic E-state index is 0.0793. The Hall–Kier alpha value is -2.11. The number of halogens is 6. The van der Waals surface area contributed by atoms with E-state index in [4.69, 9.17) is 20.3 Å². The summed E-state index contributed by atoms with van der Waals surface area (Å²) in [5.41, 5.74) is 3.85. The number of phosphoric ester groups is 1. The number of ether oxygens (including phenoxy) is 1. The molecule has 0 aliphatic carbocycles. The number of hydrogen-bond acceptors (Lipinski definition) is 4. The van der Waals surface area contributed by atoms with Crippen molar-refractivity contribution in [3.05, 3.63) is 64.7 Å². The van der Waals surface area contributed by atoms with E-state index in [2.05, 4.69) is 4.52 Å². The lowest BCUT2D eigenvalue weighted by molar-refractivity contribution is -0.139. The van der Waals surface area contributed by atoms with E-state index in [9.17, 15) is 30.9 Å². The van der Waals surface area contributed by atoms with Crippen LogP contribution < -0.4 is 10.5 Å². The van der Waals surface area contributed by atoms with Gasteiger partial charge in [0.2, 0.25) is 0 Å². The lowest BCUT2D eigenvalue weighted by atomic mass is 9.94. The number of alkyl halides is 6. The van der Waals surface area contributed by atoms with Gasteiger partial charge >= 0.3 is 20.2 Å². The van der Waals surface area contributed by atoms with E-state index < -0.39 is 43.4 Å². The van der Waals surface area contributed by atoms with Gasteiger partial charge in [-0.3, -0.25) is 4.52 Å². The zero-order valence-corrected chi connectivity index (χ0v) is 19.6. The maximum Gasteiger partial charge on any atom is 0.469 e. The fourth-order valence-corrected chi connectivity index (χ4v) is 3.60. The standard InChI is InChI=1S/C22H26F6NO5P/c1-20(29,14-34-35(30,31)32)11-10-16-6-9-19(18(13-16)22(26,27)28)33-12-2-3-15-4-7-17(8-5-15)21(23,24)25/h4-9,13H,2-3,10-12,14,29H2,1H3,(H2,30,31,32)/t20-/m1/s1. The fraction of sp³-hybridized carbons (Fsp3) is 0.455. The van der Waals surface area contributed by atoms with Gasteiger partial charge in [-0.1, -0.05) is 18.2 Å². The van der Waals surface area contributed by atoms with E-state index in [-0.39, 0.29) is 31.6 Å². The van der Waals surface area contributed by atoms with Crippen LogP contribution in [0.4, 0.5) is 26.3 Å². The first-order chi connectivity index (χ1) is 16.0. The highest BCUT2D eigenvalue weighted by Crippen LogP contribution is 2.38. The van der Waals surface area contributed by atoms with E-state index in [0.29, 0.717) is 17.5 Å². The molecule has 0 saturated heterocycles. The molecular weight excluding hydrogens is 503 g/mol. The number of rotatable bonds is 11. The topological polar surface area (TPSA) is 102 Å². The lowest BCUT2D eigenvalue weighted by Gasteiger charge is -2.24. The molecule has 196 valence electrons. The molecule has 0 radical (unpaired) electrons. The van der Waals surface area contributed by atoms with Gasteiger partial charge in [0.25, 0.3) is 0 Å². The van der Waals surface area contributed by atoms with Crippen molar-refractivity contribution in [3.63, 3.8) is 0 Å². The van der Waals surface area contributed by atoms with Gasteiger partial charge < -0.3 is 20.3 Å². The molecule has 1 atom stereocenters. The van der Waals surface area contributed by atoms with E-state index in [1.807, 2.05) is 0 Å². The average molecular weight is 529 g/mol. The summed E-state index contributed by atoms with van der Waals surface area (Å²) in [6, 6.07) is 8.05. The molecule has 0 aliphatic rings. The second-order valence-corrected chi connectivity index (χ2v) is 9.63. The van der Waals surface area contributed by atoms with Crippen LogP contribution in [-0.2, 0) is 34.3 Å². The van der Waals surface area contributed by atoms with Crippen LogP contribution in [0.25, 0.3) is 0 Å². The van der Waals surface area contributed by atoms with Gasteiger partial charge in [0.1, 0.15) is 5.75 Å². The number of nitrogens with two attached hydrogens (primary N) is 1. The monoisotopic (exact) mass is 529 g/mol. The van der Waals surface area contributed by atoms with Crippen molar-refractivity contribution in [1.29, 1.82) is 0 Å². The van der Waals surface area contributed by atoms with E-state index in [1.165, 1.54) is 31.2 Å². The Labute approximate surface area is 198 Å². The van der Waals surface area contributed by atoms with E-state index >= 15 is 0 Å². The minimum Gasteiger partial charge on any atom is -0.493 e. The molecule has 0 fully saturated rings. The van der Waals surface area contributed by atoms with Crippen molar-refractivity contribution < 1.29 is 50.0 Å². The van der Waals surface area contributed by atoms with Crippen LogP contribution in [0.3, 0.4) is 0 Å². The summed E-state index contributed by atoms with van der Waals surface area (Å²) in [5.74, 6) is -0.381. The summed E-state index contributed by atoms with van der Waals surface area (Å²) >= 11 is 0. The molecular formula is C22H26F6NO5P. The van der Waals surface area contributed by atoms with Gasteiger partial charge in [-0.2, -0.15) is 26.3 Å². The van der Waals surface area contributed by atoms with Crippen LogP contribution in [0.5, 0.6) is 5.75 Å². The quantitative estimate of drug-likeness (QED) is 0.202. The molecule has 0 unspecified atom stereocenters. The zero-order chi connectivity index (χ0) is 26.5. The number of benzene rings is 2. The van der Waals surface area contributed by atoms with Gasteiger partial charge in [-0.05, 0) is 68.0 Å². The highest BCUT2D eigenvalue weighted by Gasteiger charge is 2.35. The molecule has 0 saturated carbocycles. The molecule has 2 aromatic carbocycles. The van der Waals surface area contributed by atoms with Crippen LogP contribution in [0.15, 0.2) is 42.5 Å². The van der Waals surface area contributed by atoms with Crippen LogP contribution in [0, 0.1) is 0 Å². The molecule has 4 N–H and O–H groups in total. The summed E-state index contributed by atoms with van der Waals surface area (Å²) in [6.45, 7) is 0.898. The molecule has 6 nitrogen and oxygen atoms in total. The van der Waals surface area contributed by atoms with Crippen molar-refractivity contribution in [2.24, 2.45) is 5.73 Å². The van der Waals surface area contributed by atoms with Crippen LogP contribution in [0.2, 0.25) is 0 Å². The first-order valence-corrected chi connectivity index (χ1v) is 12.0. The third-order valence-corrected chi connectivity index (χ3v) is 5.51. The number of aryl methyl sites for hydroxylation is 2. The third kappa shape index (κ3) is 10.2. The Balaban J connectivity index is 1.97. The zero-order valence-electron chi connectivity index (χ0n) is 18.7. The van der Waals surface area contributed by atoms with Gasteiger partial charge in [-0.15, -0.1) is 0 Å². The third-order valence-electron chi connectivity index (χ3n) is 5.05. The molecule has 0 aliphatic heterocycles. The second kappa shape index (κ2) is 11.3. The number of hydrogen-bond donors (Lipinski definition) is 3. The average Bonchev–Trinajstić information content (AvgIpc) is 2.73.